The minimum absolute atomic E-state index is 0.611. The first kappa shape index (κ1) is 12.8. The Morgan fingerprint density at radius 1 is 1.47 bits per heavy atom. The Morgan fingerprint density at radius 3 is 2.88 bits per heavy atom. The molecule has 0 saturated carbocycles. The average molecular weight is 363 g/mol. The van der Waals surface area contributed by atoms with E-state index in [2.05, 4.69) is 44.9 Å². The van der Waals surface area contributed by atoms with Crippen molar-refractivity contribution in [2.45, 2.75) is 13.5 Å². The van der Waals surface area contributed by atoms with Crippen LogP contribution >= 0.6 is 34.2 Å². The minimum atomic E-state index is 0.611. The second-order valence-corrected chi connectivity index (χ2v) is 5.19. The molecule has 90 valence electrons. The predicted octanol–water partition coefficient (Wildman–Crippen LogP) is 2.63. The summed E-state index contributed by atoms with van der Waals surface area (Å²) in [5, 5.41) is 8.03. The Kier molecular flexibility index (Phi) is 4.36. The molecule has 0 radical (unpaired) electrons. The summed E-state index contributed by atoms with van der Waals surface area (Å²) in [6.45, 7) is 3.77. The maximum Gasteiger partial charge on any atom is 0.172 e. The molecule has 2 rings (SSSR count). The number of nitrogens with one attached hydrogen (secondary N) is 1. The molecule has 0 atom stereocenters. The van der Waals surface area contributed by atoms with Crippen LogP contribution < -0.4 is 5.32 Å². The van der Waals surface area contributed by atoms with Gasteiger partial charge in [0.15, 0.2) is 5.82 Å². The van der Waals surface area contributed by atoms with E-state index in [1.54, 1.807) is 10.9 Å². The molecular formula is C11H12ClIN4. The van der Waals surface area contributed by atoms with Crippen LogP contribution in [-0.2, 0) is 6.54 Å². The quantitative estimate of drug-likeness (QED) is 0.850. The van der Waals surface area contributed by atoms with E-state index in [-0.39, 0.29) is 0 Å². The molecule has 0 bridgehead atoms. The van der Waals surface area contributed by atoms with E-state index in [0.717, 1.165) is 22.2 Å². The SMILES string of the molecule is CCNCc1cnc(-n2cc(I)cn2)c(Cl)c1. The molecule has 0 amide bonds. The van der Waals surface area contributed by atoms with Crippen LogP contribution in [0.4, 0.5) is 0 Å². The lowest BCUT2D eigenvalue weighted by Gasteiger charge is -2.06. The van der Waals surface area contributed by atoms with Gasteiger partial charge in [-0.2, -0.15) is 5.10 Å². The average Bonchev–Trinajstić information content (AvgIpc) is 2.73. The van der Waals surface area contributed by atoms with Gasteiger partial charge in [0.1, 0.15) is 0 Å². The lowest BCUT2D eigenvalue weighted by molar-refractivity contribution is 0.722. The van der Waals surface area contributed by atoms with Gasteiger partial charge < -0.3 is 5.32 Å². The summed E-state index contributed by atoms with van der Waals surface area (Å²) in [5.41, 5.74) is 1.07. The third kappa shape index (κ3) is 3.17. The van der Waals surface area contributed by atoms with Gasteiger partial charge in [0.05, 0.1) is 14.8 Å². The van der Waals surface area contributed by atoms with Crippen molar-refractivity contribution >= 4 is 34.2 Å². The van der Waals surface area contributed by atoms with Crippen molar-refractivity contribution < 1.29 is 0 Å². The fourth-order valence-corrected chi connectivity index (χ4v) is 2.09. The van der Waals surface area contributed by atoms with Gasteiger partial charge in [-0.1, -0.05) is 18.5 Å². The molecule has 0 aliphatic heterocycles. The summed E-state index contributed by atoms with van der Waals surface area (Å²) in [6.07, 6.45) is 5.47. The molecule has 2 aromatic rings. The zero-order valence-corrected chi connectivity index (χ0v) is 12.2. The highest BCUT2D eigenvalue weighted by atomic mass is 127. The lowest BCUT2D eigenvalue weighted by atomic mass is 10.3. The molecule has 17 heavy (non-hydrogen) atoms. The fraction of sp³-hybridized carbons (Fsp3) is 0.273. The highest BCUT2D eigenvalue weighted by molar-refractivity contribution is 14.1. The second kappa shape index (κ2) is 5.79. The van der Waals surface area contributed by atoms with Gasteiger partial charge in [0.25, 0.3) is 0 Å². The molecule has 1 N–H and O–H groups in total. The molecule has 6 heteroatoms. The number of hydrogen-bond donors (Lipinski definition) is 1. The summed E-state index contributed by atoms with van der Waals surface area (Å²) in [7, 11) is 0. The third-order valence-electron chi connectivity index (χ3n) is 2.23. The molecular weight excluding hydrogens is 351 g/mol. The molecule has 0 aliphatic carbocycles. The van der Waals surface area contributed by atoms with Crippen LogP contribution in [0.1, 0.15) is 12.5 Å². The fourth-order valence-electron chi connectivity index (χ4n) is 1.42. The number of nitrogens with zero attached hydrogens (tertiary/aromatic N) is 3. The van der Waals surface area contributed by atoms with Gasteiger partial charge in [0.2, 0.25) is 0 Å². The third-order valence-corrected chi connectivity index (χ3v) is 3.06. The van der Waals surface area contributed by atoms with E-state index in [0.29, 0.717) is 10.8 Å². The monoisotopic (exact) mass is 362 g/mol. The molecule has 0 unspecified atom stereocenters. The highest BCUT2D eigenvalue weighted by Gasteiger charge is 2.07. The maximum absolute atomic E-state index is 6.20. The van der Waals surface area contributed by atoms with Gasteiger partial charge in [-0.05, 0) is 40.8 Å². The minimum Gasteiger partial charge on any atom is -0.313 e. The van der Waals surface area contributed by atoms with Crippen molar-refractivity contribution in [3.63, 3.8) is 0 Å². The molecule has 0 fully saturated rings. The van der Waals surface area contributed by atoms with E-state index >= 15 is 0 Å². The Morgan fingerprint density at radius 2 is 2.29 bits per heavy atom. The van der Waals surface area contributed by atoms with Gasteiger partial charge in [-0.15, -0.1) is 0 Å². The van der Waals surface area contributed by atoms with Gasteiger partial charge in [0, 0.05) is 18.9 Å². The Bertz CT molecular complexity index is 512. The van der Waals surface area contributed by atoms with Crippen molar-refractivity contribution in [1.82, 2.24) is 20.1 Å². The standard InChI is InChI=1S/C11H12ClIN4/c1-2-14-4-8-3-10(12)11(15-5-8)17-7-9(13)6-16-17/h3,5-7,14H,2,4H2,1H3. The summed E-state index contributed by atoms with van der Waals surface area (Å²) in [5.74, 6) is 0.662. The lowest BCUT2D eigenvalue weighted by Crippen LogP contribution is -2.12. The number of halogens is 2. The predicted molar refractivity (Wildman–Crippen MR) is 76.5 cm³/mol. The Balaban J connectivity index is 2.25. The van der Waals surface area contributed by atoms with Crippen molar-refractivity contribution in [3.8, 4) is 5.82 Å². The van der Waals surface area contributed by atoms with E-state index in [9.17, 15) is 0 Å². The van der Waals surface area contributed by atoms with E-state index < -0.39 is 0 Å². The van der Waals surface area contributed by atoms with Gasteiger partial charge >= 0.3 is 0 Å². The Labute approximate surface area is 119 Å². The van der Waals surface area contributed by atoms with Crippen LogP contribution in [0.15, 0.2) is 24.7 Å². The zero-order chi connectivity index (χ0) is 12.3. The number of aromatic nitrogens is 3. The number of hydrogen-bond acceptors (Lipinski definition) is 3. The summed E-state index contributed by atoms with van der Waals surface area (Å²) >= 11 is 8.40. The largest absolute Gasteiger partial charge is 0.313 e. The van der Waals surface area contributed by atoms with Crippen molar-refractivity contribution in [1.29, 1.82) is 0 Å². The molecule has 0 aromatic carbocycles. The summed E-state index contributed by atoms with van der Waals surface area (Å²) in [6, 6.07) is 1.92. The number of rotatable bonds is 4. The van der Waals surface area contributed by atoms with Crippen molar-refractivity contribution in [2.75, 3.05) is 6.54 Å². The van der Waals surface area contributed by atoms with Crippen molar-refractivity contribution in [2.24, 2.45) is 0 Å². The van der Waals surface area contributed by atoms with Crippen molar-refractivity contribution in [3.05, 3.63) is 38.8 Å². The van der Waals surface area contributed by atoms with Gasteiger partial charge in [-0.25, -0.2) is 9.67 Å². The summed E-state index contributed by atoms with van der Waals surface area (Å²) < 4.78 is 2.73. The van der Waals surface area contributed by atoms with Crippen LogP contribution in [0, 0.1) is 3.57 Å². The highest BCUT2D eigenvalue weighted by Crippen LogP contribution is 2.19. The molecule has 0 aliphatic rings. The molecule has 2 heterocycles. The molecule has 2 aromatic heterocycles. The normalized spacial score (nSPS) is 10.8. The van der Waals surface area contributed by atoms with Crippen LogP contribution in [0.3, 0.4) is 0 Å². The maximum atomic E-state index is 6.20. The van der Waals surface area contributed by atoms with E-state index in [4.69, 9.17) is 11.6 Å². The first-order chi connectivity index (χ1) is 8.20. The summed E-state index contributed by atoms with van der Waals surface area (Å²) in [4.78, 5) is 4.34. The smallest absolute Gasteiger partial charge is 0.172 e. The van der Waals surface area contributed by atoms with Crippen LogP contribution in [0.25, 0.3) is 5.82 Å². The first-order valence-corrected chi connectivity index (χ1v) is 6.72. The van der Waals surface area contributed by atoms with Gasteiger partial charge in [-0.3, -0.25) is 0 Å². The second-order valence-electron chi connectivity index (χ2n) is 3.53. The number of pyridine rings is 1. The molecule has 4 nitrogen and oxygen atoms in total. The Hall–Kier alpha value is -0.660. The first-order valence-electron chi connectivity index (χ1n) is 5.26. The van der Waals surface area contributed by atoms with E-state index in [1.165, 1.54) is 0 Å². The zero-order valence-electron chi connectivity index (χ0n) is 9.32. The van der Waals surface area contributed by atoms with E-state index in [1.807, 2.05) is 18.5 Å². The van der Waals surface area contributed by atoms with Crippen LogP contribution in [0.2, 0.25) is 5.02 Å². The topological polar surface area (TPSA) is 42.7 Å². The molecule has 0 spiro atoms. The van der Waals surface area contributed by atoms with Crippen LogP contribution in [-0.4, -0.2) is 21.3 Å². The molecule has 0 saturated heterocycles. The van der Waals surface area contributed by atoms with Crippen LogP contribution in [0.5, 0.6) is 0 Å².